The largest absolute Gasteiger partial charge is 0.444 e. The van der Waals surface area contributed by atoms with E-state index in [1.54, 1.807) is 24.1 Å². The zero-order valence-electron chi connectivity index (χ0n) is 18.3. The Morgan fingerprint density at radius 3 is 2.70 bits per heavy atom. The fraction of sp³-hybridized carbons (Fsp3) is 0.636. The van der Waals surface area contributed by atoms with Crippen molar-refractivity contribution in [2.45, 2.75) is 57.7 Å². The molecule has 168 valence electrons. The summed E-state index contributed by atoms with van der Waals surface area (Å²) in [7, 11) is 1.56. The first-order valence-electron chi connectivity index (χ1n) is 10.5. The first-order valence-corrected chi connectivity index (χ1v) is 10.8. The zero-order valence-corrected chi connectivity index (χ0v) is 19.1. The molecular weight excluding hydrogens is 406 g/mol. The van der Waals surface area contributed by atoms with Crippen molar-refractivity contribution in [3.63, 3.8) is 0 Å². The van der Waals surface area contributed by atoms with Gasteiger partial charge in [-0.2, -0.15) is 0 Å². The summed E-state index contributed by atoms with van der Waals surface area (Å²) < 4.78 is 5.53. The smallest absolute Gasteiger partial charge is 0.410 e. The molecule has 3 amide bonds. The molecule has 1 aromatic rings. The molecule has 0 radical (unpaired) electrons. The highest BCUT2D eigenvalue weighted by Crippen LogP contribution is 2.40. The van der Waals surface area contributed by atoms with Crippen molar-refractivity contribution < 1.29 is 19.4 Å². The van der Waals surface area contributed by atoms with Crippen LogP contribution in [0.5, 0.6) is 0 Å². The predicted molar refractivity (Wildman–Crippen MR) is 118 cm³/mol. The number of aliphatic hydroxyl groups is 1. The van der Waals surface area contributed by atoms with Crippen LogP contribution in [0.4, 0.5) is 9.59 Å². The van der Waals surface area contributed by atoms with E-state index in [1.165, 1.54) is 0 Å². The number of urea groups is 1. The SMILES string of the molecule is CNC(=O)NCCC[C@@](O)(c1cccc(Cl)c1)C1CCCN(C(=O)OC(C)(C)C)C1. The Labute approximate surface area is 184 Å². The van der Waals surface area contributed by atoms with Gasteiger partial charge in [-0.3, -0.25) is 0 Å². The Morgan fingerprint density at radius 1 is 1.33 bits per heavy atom. The molecule has 8 heteroatoms. The van der Waals surface area contributed by atoms with Gasteiger partial charge < -0.3 is 25.4 Å². The molecule has 2 rings (SSSR count). The molecule has 1 aliphatic heterocycles. The van der Waals surface area contributed by atoms with Crippen LogP contribution in [0.15, 0.2) is 24.3 Å². The highest BCUT2D eigenvalue weighted by Gasteiger charge is 2.41. The lowest BCUT2D eigenvalue weighted by Crippen LogP contribution is -2.49. The van der Waals surface area contributed by atoms with Gasteiger partial charge >= 0.3 is 12.1 Å². The van der Waals surface area contributed by atoms with Gasteiger partial charge in [0.25, 0.3) is 0 Å². The van der Waals surface area contributed by atoms with Gasteiger partial charge in [0.05, 0.1) is 5.60 Å². The van der Waals surface area contributed by atoms with E-state index in [0.717, 1.165) is 18.4 Å². The predicted octanol–water partition coefficient (Wildman–Crippen LogP) is 3.88. The number of nitrogens with zero attached hydrogens (tertiary/aromatic N) is 1. The van der Waals surface area contributed by atoms with Gasteiger partial charge in [-0.1, -0.05) is 23.7 Å². The number of benzene rings is 1. The molecule has 1 unspecified atom stereocenters. The van der Waals surface area contributed by atoms with E-state index in [9.17, 15) is 14.7 Å². The maximum absolute atomic E-state index is 12.6. The van der Waals surface area contributed by atoms with Crippen LogP contribution in [-0.4, -0.2) is 54.4 Å². The summed E-state index contributed by atoms with van der Waals surface area (Å²) in [6.07, 6.45) is 2.22. The number of likely N-dealkylation sites (tertiary alicyclic amines) is 1. The van der Waals surface area contributed by atoms with Crippen molar-refractivity contribution in [2.24, 2.45) is 5.92 Å². The average molecular weight is 440 g/mol. The Bertz CT molecular complexity index is 737. The number of carbonyl (C=O) groups is 2. The summed E-state index contributed by atoms with van der Waals surface area (Å²) in [6.45, 7) is 6.97. The van der Waals surface area contributed by atoms with Crippen molar-refractivity contribution in [2.75, 3.05) is 26.7 Å². The number of amides is 3. The second kappa shape index (κ2) is 10.4. The monoisotopic (exact) mass is 439 g/mol. The first-order chi connectivity index (χ1) is 14.0. The zero-order chi connectivity index (χ0) is 22.4. The third-order valence-electron chi connectivity index (χ3n) is 5.32. The quantitative estimate of drug-likeness (QED) is 0.586. The van der Waals surface area contributed by atoms with Crippen LogP contribution >= 0.6 is 11.6 Å². The van der Waals surface area contributed by atoms with Gasteiger partial charge in [0, 0.05) is 37.6 Å². The minimum absolute atomic E-state index is 0.169. The first kappa shape index (κ1) is 24.3. The number of piperidine rings is 1. The van der Waals surface area contributed by atoms with Gasteiger partial charge in [0.2, 0.25) is 0 Å². The van der Waals surface area contributed by atoms with Gasteiger partial charge in [-0.05, 0) is 64.2 Å². The summed E-state index contributed by atoms with van der Waals surface area (Å²) in [5.74, 6) is -0.169. The standard InChI is InChI=1S/C22H34ClN3O4/c1-21(2,3)30-20(28)26-13-6-9-17(15-26)22(29,11-7-12-25-19(27)24-4)16-8-5-10-18(23)14-16/h5,8,10,14,17,29H,6-7,9,11-13,15H2,1-4H3,(H2,24,25,27)/t17?,22-/m1/s1. The summed E-state index contributed by atoms with van der Waals surface area (Å²) >= 11 is 6.20. The Balaban J connectivity index is 2.18. The minimum atomic E-state index is -1.17. The number of halogens is 1. The summed E-state index contributed by atoms with van der Waals surface area (Å²) in [4.78, 5) is 25.7. The third-order valence-corrected chi connectivity index (χ3v) is 5.56. The highest BCUT2D eigenvalue weighted by molar-refractivity contribution is 6.30. The molecular formula is C22H34ClN3O4. The molecule has 2 atom stereocenters. The van der Waals surface area contributed by atoms with Crippen LogP contribution in [0.2, 0.25) is 5.02 Å². The van der Waals surface area contributed by atoms with Crippen molar-refractivity contribution in [1.82, 2.24) is 15.5 Å². The lowest BCUT2D eigenvalue weighted by Gasteiger charge is -2.43. The molecule has 0 spiro atoms. The van der Waals surface area contributed by atoms with Crippen LogP contribution in [0, 0.1) is 5.92 Å². The van der Waals surface area contributed by atoms with Gasteiger partial charge in [0.1, 0.15) is 5.60 Å². The maximum Gasteiger partial charge on any atom is 0.410 e. The van der Waals surface area contributed by atoms with E-state index >= 15 is 0 Å². The molecule has 1 aliphatic rings. The van der Waals surface area contributed by atoms with Crippen molar-refractivity contribution in [3.8, 4) is 0 Å². The van der Waals surface area contributed by atoms with E-state index in [1.807, 2.05) is 32.9 Å². The van der Waals surface area contributed by atoms with E-state index in [4.69, 9.17) is 16.3 Å². The number of ether oxygens (including phenoxy) is 1. The van der Waals surface area contributed by atoms with Crippen molar-refractivity contribution >= 4 is 23.7 Å². The molecule has 7 nitrogen and oxygen atoms in total. The Hall–Kier alpha value is -1.99. The topological polar surface area (TPSA) is 90.9 Å². The van der Waals surface area contributed by atoms with Crippen LogP contribution in [-0.2, 0) is 10.3 Å². The van der Waals surface area contributed by atoms with E-state index in [0.29, 0.717) is 37.5 Å². The maximum atomic E-state index is 12.6. The van der Waals surface area contributed by atoms with Gasteiger partial charge in [-0.25, -0.2) is 9.59 Å². The number of hydrogen-bond donors (Lipinski definition) is 3. The van der Waals surface area contributed by atoms with Crippen molar-refractivity contribution in [1.29, 1.82) is 0 Å². The van der Waals surface area contributed by atoms with Gasteiger partial charge in [0.15, 0.2) is 0 Å². The third kappa shape index (κ3) is 6.77. The molecule has 0 aromatic heterocycles. The second-order valence-electron chi connectivity index (χ2n) is 8.81. The molecule has 3 N–H and O–H groups in total. The lowest BCUT2D eigenvalue weighted by molar-refractivity contribution is -0.0632. The Kier molecular flexibility index (Phi) is 8.38. The Morgan fingerprint density at radius 2 is 2.07 bits per heavy atom. The van der Waals surface area contributed by atoms with E-state index < -0.39 is 11.2 Å². The van der Waals surface area contributed by atoms with Crippen LogP contribution in [0.3, 0.4) is 0 Å². The summed E-state index contributed by atoms with van der Waals surface area (Å²) in [5, 5.41) is 17.6. The van der Waals surface area contributed by atoms with Crippen LogP contribution in [0.1, 0.15) is 52.0 Å². The van der Waals surface area contributed by atoms with Crippen molar-refractivity contribution in [3.05, 3.63) is 34.9 Å². The number of carbonyl (C=O) groups excluding carboxylic acids is 2. The van der Waals surface area contributed by atoms with E-state index in [-0.39, 0.29) is 18.0 Å². The normalized spacial score (nSPS) is 19.0. The molecule has 0 aliphatic carbocycles. The summed E-state index contributed by atoms with van der Waals surface area (Å²) in [6, 6.07) is 6.98. The van der Waals surface area contributed by atoms with Crippen LogP contribution < -0.4 is 10.6 Å². The highest BCUT2D eigenvalue weighted by atomic mass is 35.5. The van der Waals surface area contributed by atoms with E-state index in [2.05, 4.69) is 10.6 Å². The molecule has 1 aromatic carbocycles. The number of hydrogen-bond acceptors (Lipinski definition) is 4. The summed E-state index contributed by atoms with van der Waals surface area (Å²) in [5.41, 5.74) is -1.01. The molecule has 30 heavy (non-hydrogen) atoms. The minimum Gasteiger partial charge on any atom is -0.444 e. The average Bonchev–Trinajstić information content (AvgIpc) is 2.69. The molecule has 1 fully saturated rings. The van der Waals surface area contributed by atoms with Crippen LogP contribution in [0.25, 0.3) is 0 Å². The second-order valence-corrected chi connectivity index (χ2v) is 9.25. The number of rotatable bonds is 6. The molecule has 1 saturated heterocycles. The molecule has 1 heterocycles. The molecule has 0 saturated carbocycles. The fourth-order valence-electron chi connectivity index (χ4n) is 3.85. The molecule has 0 bridgehead atoms. The van der Waals surface area contributed by atoms with Gasteiger partial charge in [-0.15, -0.1) is 0 Å². The fourth-order valence-corrected chi connectivity index (χ4v) is 4.04. The number of nitrogens with one attached hydrogen (secondary N) is 2. The lowest BCUT2D eigenvalue weighted by atomic mass is 9.74.